The second kappa shape index (κ2) is 41.7. The number of nitrogens with zero attached hydrogens (tertiary/aromatic N) is 2. The van der Waals surface area contributed by atoms with Crippen LogP contribution in [-0.4, -0.2) is 208 Å². The highest BCUT2D eigenvalue weighted by Gasteiger charge is 2.57. The summed E-state index contributed by atoms with van der Waals surface area (Å²) in [4.78, 5) is 123. The van der Waals surface area contributed by atoms with Gasteiger partial charge in [-0.05, 0) is 444 Å². The normalized spacial score (nSPS) is 33.2. The zero-order chi connectivity index (χ0) is 105. The first-order valence-corrected chi connectivity index (χ1v) is 55.3. The van der Waals surface area contributed by atoms with Gasteiger partial charge >= 0.3 is 0 Å². The van der Waals surface area contributed by atoms with Gasteiger partial charge in [0.15, 0.2) is 0 Å². The molecule has 11 heterocycles. The number of benzene rings is 1. The number of rotatable bonds is 24. The van der Waals surface area contributed by atoms with E-state index in [1.54, 1.807) is 0 Å². The first-order valence-electron chi connectivity index (χ1n) is 55.3. The van der Waals surface area contributed by atoms with E-state index in [0.717, 1.165) is 152 Å². The zero-order valence-electron chi connectivity index (χ0n) is 95.0. The first kappa shape index (κ1) is 115. The van der Waals surface area contributed by atoms with Crippen molar-refractivity contribution in [2.75, 3.05) is 44.6 Å². The summed E-state index contributed by atoms with van der Waals surface area (Å²) < 4.78 is 0. The van der Waals surface area contributed by atoms with Crippen molar-refractivity contribution in [1.82, 2.24) is 73.6 Å². The van der Waals surface area contributed by atoms with Gasteiger partial charge in [-0.25, -0.2) is 0 Å². The molecule has 140 heavy (non-hydrogen) atoms. The van der Waals surface area contributed by atoms with Crippen molar-refractivity contribution in [1.29, 1.82) is 0 Å². The fourth-order valence-electron chi connectivity index (χ4n) is 30.7. The van der Waals surface area contributed by atoms with Gasteiger partial charge in [-0.15, -0.1) is 0 Å². The number of hydrogen-bond acceptors (Lipinski definition) is 18. The van der Waals surface area contributed by atoms with E-state index in [1.165, 1.54) is 38.5 Å². The first-order chi connectivity index (χ1) is 63.7. The van der Waals surface area contributed by atoms with E-state index in [4.69, 9.17) is 0 Å². The number of amides is 6. The molecule has 13 N–H and O–H groups in total. The van der Waals surface area contributed by atoms with E-state index in [0.29, 0.717) is 73.7 Å². The van der Waals surface area contributed by atoms with Crippen LogP contribution in [0.1, 0.15) is 409 Å². The average molecular weight is 1950 g/mol. The van der Waals surface area contributed by atoms with Crippen LogP contribution in [-0.2, 0) is 49.6 Å². The number of anilines is 1. The van der Waals surface area contributed by atoms with Crippen molar-refractivity contribution in [2.45, 2.75) is 516 Å². The molecule has 1 aromatic rings. The summed E-state index contributed by atoms with van der Waals surface area (Å²) in [5, 5.41) is 45.4. The average Bonchev–Trinajstić information content (AvgIpc) is 1.61. The van der Waals surface area contributed by atoms with Crippen LogP contribution < -0.4 is 69.1 Å². The van der Waals surface area contributed by atoms with Gasteiger partial charge in [-0.3, -0.25) is 43.2 Å². The highest BCUT2D eigenvalue weighted by Crippen LogP contribution is 2.49. The number of ketones is 3. The highest BCUT2D eigenvalue weighted by atomic mass is 16.2. The van der Waals surface area contributed by atoms with Gasteiger partial charge in [0.25, 0.3) is 0 Å². The largest absolute Gasteiger partial charge is 0.355 e. The minimum absolute atomic E-state index is 0.00679. The third-order valence-electron chi connectivity index (χ3n) is 36.3. The number of carbonyl (C=O) groups excluding carboxylic acids is 9. The standard InChI is InChI=1S/C32H59N5O3.C31H55N3O2.C28H50N4O2.C25H39N3O2/c1-27(2)15-21(30(7,8)35-27)24(38)14-13-20(18-33-25(39)22-16-28(3,4)36-31(22,9)10)19-34-26(40)23-17-29(5,6)37-32(23,11)12;1-28(2)18-24(30(5,6)33-28)26(35)17-20-9-11-21(12-10-20)22-13-15-23(16-14-22)32-27(36)25-19-29(3,4)34-31(25,7)8;1-25(2)17-21(27(5,6)29-25)23(33)31-13-9-19(10-14-31)20-11-15-32(16-12-20)24(34)22-18-26(3,4)30-28(22,7)8;1-22(2)14-18(24(5,6)27-22)20(29)13-16-9-11-17(12-10-16)26-21(30)19-15-23(3,4)28-25(19,7)8/h20-23,35-37H,13-19H2,1-12H3,(H,33,39)(H,34,40);20-25,33-34H,9-19H2,1-8H3,(H,32,36);19-22,29-30H,9-18H2,1-8H3;9-12,18-19,27-28H,13-15H2,1-8H3,(H,26,30). The van der Waals surface area contributed by atoms with Gasteiger partial charge in [0.2, 0.25) is 35.4 Å². The van der Waals surface area contributed by atoms with Crippen molar-refractivity contribution < 1.29 is 43.2 Å². The highest BCUT2D eigenvalue weighted by molar-refractivity contribution is 5.94. The van der Waals surface area contributed by atoms with Gasteiger partial charge in [-0.1, -0.05) is 12.1 Å². The third kappa shape index (κ3) is 29.2. The molecule has 1 aromatic carbocycles. The predicted octanol–water partition coefficient (Wildman–Crippen LogP) is 17.3. The summed E-state index contributed by atoms with van der Waals surface area (Å²) in [7, 11) is 0. The van der Waals surface area contributed by atoms with Gasteiger partial charge < -0.3 is 78.9 Å². The Balaban J connectivity index is 0.000000179. The van der Waals surface area contributed by atoms with Crippen molar-refractivity contribution in [3.05, 3.63) is 29.8 Å². The minimum atomic E-state index is -0.297. The molecule has 24 heteroatoms. The molecule has 11 aliphatic heterocycles. The summed E-state index contributed by atoms with van der Waals surface area (Å²) in [5.74, 6) is 5.53. The Morgan fingerprint density at radius 2 is 0.550 bits per heavy atom. The van der Waals surface area contributed by atoms with Gasteiger partial charge in [0.05, 0.1) is 35.5 Å². The summed E-state index contributed by atoms with van der Waals surface area (Å²) >= 11 is 0. The lowest BCUT2D eigenvalue weighted by Crippen LogP contribution is -2.52. The Morgan fingerprint density at radius 1 is 0.293 bits per heavy atom. The lowest BCUT2D eigenvalue weighted by molar-refractivity contribution is -0.140. The smallest absolute Gasteiger partial charge is 0.229 e. The maximum Gasteiger partial charge on any atom is 0.229 e. The summed E-state index contributed by atoms with van der Waals surface area (Å²) in [6.07, 6.45) is 24.2. The molecule has 14 rings (SSSR count). The Morgan fingerprint density at radius 3 is 0.850 bits per heavy atom. The summed E-state index contributed by atoms with van der Waals surface area (Å²) in [6.45, 7) is 81.9. The molecule has 24 nitrogen and oxygen atoms in total. The SMILES string of the molecule is CC1(C)CC(C(=O)CC2CCC(C3CCC(NC(=O)C4CC(C)(C)NC4(C)C)CC3)CC2)C(C)(C)N1.CC1(C)CC(C(=O)CCC(CNC(=O)C2CC(C)(C)NC2(C)C)CNC(=O)C2CC(C)(C)NC2(C)C)C(C)(C)N1.CC1(C)CC(C(=O)Cc2ccc(NC(=O)C3CC(C)(C)NC3(C)C)cc2)C(C)(C)N1.CC1(C)CC(C(=O)N2CCC(C3CCN(C(=O)C4CC(C)(C)NC4(C)C)CC3)CC2)C(C)(C)N1. The molecule has 9 unspecified atom stereocenters. The molecule has 0 bridgehead atoms. The lowest BCUT2D eigenvalue weighted by atomic mass is 9.69. The molecule has 0 radical (unpaired) electrons. The van der Waals surface area contributed by atoms with Crippen molar-refractivity contribution in [2.24, 2.45) is 88.8 Å². The topological polar surface area (TPSA) is 316 Å². The van der Waals surface area contributed by atoms with Crippen LogP contribution in [0.4, 0.5) is 5.69 Å². The molecule has 796 valence electrons. The number of carbonyl (C=O) groups is 9. The summed E-state index contributed by atoms with van der Waals surface area (Å²) in [5.41, 5.74) is -0.253. The molecule has 2 saturated carbocycles. The molecular formula is C116H203N15O9. The molecule has 11 saturated heterocycles. The molecule has 9 atom stereocenters. The number of nitrogens with one attached hydrogen (secondary N) is 13. The second-order valence-electron chi connectivity index (χ2n) is 58.5. The molecule has 0 spiro atoms. The number of likely N-dealkylation sites (tertiary alicyclic amines) is 2. The van der Waals surface area contributed by atoms with E-state index in [2.05, 4.69) is 328 Å². The van der Waals surface area contributed by atoms with Crippen LogP contribution in [0.25, 0.3) is 0 Å². The van der Waals surface area contributed by atoms with Crippen LogP contribution >= 0.6 is 0 Å². The fourth-order valence-corrected chi connectivity index (χ4v) is 30.7. The monoisotopic (exact) mass is 1950 g/mol. The second-order valence-corrected chi connectivity index (χ2v) is 58.5. The zero-order valence-corrected chi connectivity index (χ0v) is 95.0. The van der Waals surface area contributed by atoms with E-state index >= 15 is 0 Å². The molecule has 13 fully saturated rings. The van der Waals surface area contributed by atoms with Gasteiger partial charge in [0.1, 0.15) is 17.3 Å². The van der Waals surface area contributed by atoms with Crippen LogP contribution in [0.3, 0.4) is 0 Å². The number of hydrogen-bond donors (Lipinski definition) is 13. The van der Waals surface area contributed by atoms with E-state index in [1.807, 2.05) is 24.3 Å². The quantitative estimate of drug-likeness (QED) is 0.0457. The number of piperidine rings is 2. The van der Waals surface area contributed by atoms with Crippen molar-refractivity contribution >= 4 is 58.5 Å². The fraction of sp³-hybridized carbons (Fsp3) is 0.871. The molecular weight excluding hydrogens is 1750 g/mol. The number of Topliss-reactive ketones (excluding diaryl/α,β-unsaturated/α-hetero) is 3. The van der Waals surface area contributed by atoms with Crippen molar-refractivity contribution in [3.63, 3.8) is 0 Å². The van der Waals surface area contributed by atoms with Crippen molar-refractivity contribution in [3.8, 4) is 0 Å². The van der Waals surface area contributed by atoms with Crippen LogP contribution in [0.15, 0.2) is 24.3 Å². The van der Waals surface area contributed by atoms with Gasteiger partial charge in [-0.2, -0.15) is 0 Å². The van der Waals surface area contributed by atoms with E-state index in [9.17, 15) is 43.2 Å². The third-order valence-corrected chi connectivity index (χ3v) is 36.3. The Hall–Kier alpha value is -5.31. The molecule has 2 aliphatic carbocycles. The van der Waals surface area contributed by atoms with E-state index < -0.39 is 0 Å². The van der Waals surface area contributed by atoms with Crippen LogP contribution in [0.2, 0.25) is 0 Å². The van der Waals surface area contributed by atoms with Crippen LogP contribution in [0, 0.1) is 88.8 Å². The van der Waals surface area contributed by atoms with E-state index in [-0.39, 0.29) is 194 Å². The predicted molar refractivity (Wildman–Crippen MR) is 570 cm³/mol. The Kier molecular flexibility index (Phi) is 34.2. The Labute approximate surface area is 849 Å². The summed E-state index contributed by atoms with van der Waals surface area (Å²) in [6, 6.07) is 8.06. The molecule has 0 aromatic heterocycles. The Bertz CT molecular complexity index is 4200. The maximum atomic E-state index is 13.4. The van der Waals surface area contributed by atoms with Crippen LogP contribution in [0.5, 0.6) is 0 Å². The lowest BCUT2D eigenvalue weighted by Gasteiger charge is -2.42. The maximum absolute atomic E-state index is 13.4. The van der Waals surface area contributed by atoms with Gasteiger partial charge in [0, 0.05) is 188 Å². The molecule has 6 amide bonds. The minimum Gasteiger partial charge on any atom is -0.355 e. The molecule has 13 aliphatic rings.